The summed E-state index contributed by atoms with van der Waals surface area (Å²) < 4.78 is 0. The molecule has 1 saturated heterocycles. The molecule has 106 valence electrons. The van der Waals surface area contributed by atoms with Crippen LogP contribution in [0.2, 0.25) is 0 Å². The Bertz CT molecular complexity index is 266. The molecule has 2 fully saturated rings. The van der Waals surface area contributed by atoms with Gasteiger partial charge in [0, 0.05) is 18.6 Å². The van der Waals surface area contributed by atoms with Crippen LogP contribution >= 0.6 is 0 Å². The Hall–Kier alpha value is -0.0800. The van der Waals surface area contributed by atoms with Gasteiger partial charge in [0.1, 0.15) is 0 Å². The molecule has 0 amide bonds. The first kappa shape index (κ1) is 14.3. The van der Waals surface area contributed by atoms with Crippen LogP contribution in [0, 0.1) is 17.8 Å². The van der Waals surface area contributed by atoms with E-state index >= 15 is 0 Å². The fraction of sp³-hybridized carbons (Fsp3) is 1.00. The summed E-state index contributed by atoms with van der Waals surface area (Å²) in [6.07, 6.45) is 5.99. The summed E-state index contributed by atoms with van der Waals surface area (Å²) >= 11 is 0. The molecule has 0 radical (unpaired) electrons. The van der Waals surface area contributed by atoms with Crippen molar-refractivity contribution in [1.29, 1.82) is 0 Å². The fourth-order valence-electron chi connectivity index (χ4n) is 3.91. The molecular formula is C16H31NO. The van der Waals surface area contributed by atoms with Crippen LogP contribution in [0.5, 0.6) is 0 Å². The summed E-state index contributed by atoms with van der Waals surface area (Å²) in [6, 6.07) is 1.08. The molecular weight excluding hydrogens is 222 g/mol. The largest absolute Gasteiger partial charge is 0.391 e. The van der Waals surface area contributed by atoms with Crippen LogP contribution in [0.25, 0.3) is 0 Å². The van der Waals surface area contributed by atoms with Gasteiger partial charge in [0.2, 0.25) is 0 Å². The molecule has 1 aliphatic carbocycles. The van der Waals surface area contributed by atoms with Crippen molar-refractivity contribution in [1.82, 2.24) is 4.90 Å². The minimum atomic E-state index is -0.0900. The average Bonchev–Trinajstić information content (AvgIpc) is 2.33. The highest BCUT2D eigenvalue weighted by molar-refractivity contribution is 4.91. The number of likely N-dealkylation sites (tertiary alicyclic amines) is 1. The minimum Gasteiger partial charge on any atom is -0.391 e. The van der Waals surface area contributed by atoms with E-state index in [4.69, 9.17) is 0 Å². The van der Waals surface area contributed by atoms with Crippen molar-refractivity contribution in [2.45, 2.75) is 78.0 Å². The van der Waals surface area contributed by atoms with Crippen LogP contribution in [-0.2, 0) is 0 Å². The molecule has 0 bridgehead atoms. The maximum atomic E-state index is 10.4. The second kappa shape index (κ2) is 5.92. The second-order valence-electron chi connectivity index (χ2n) is 7.18. The zero-order chi connectivity index (χ0) is 13.3. The molecule has 0 aromatic rings. The van der Waals surface area contributed by atoms with Crippen LogP contribution in [0.15, 0.2) is 0 Å². The number of rotatable bonds is 2. The Morgan fingerprint density at radius 3 is 2.44 bits per heavy atom. The molecule has 2 aliphatic rings. The Morgan fingerprint density at radius 2 is 1.78 bits per heavy atom. The zero-order valence-electron chi connectivity index (χ0n) is 12.6. The van der Waals surface area contributed by atoms with E-state index in [1.807, 2.05) is 0 Å². The maximum Gasteiger partial charge on any atom is 0.0695 e. The van der Waals surface area contributed by atoms with Gasteiger partial charge in [0.15, 0.2) is 0 Å². The number of hydrogen-bond donors (Lipinski definition) is 1. The second-order valence-corrected chi connectivity index (χ2v) is 7.18. The molecule has 5 atom stereocenters. The zero-order valence-corrected chi connectivity index (χ0v) is 12.6. The summed E-state index contributed by atoms with van der Waals surface area (Å²) in [6.45, 7) is 10.6. The summed E-state index contributed by atoms with van der Waals surface area (Å²) in [4.78, 5) is 2.62. The molecule has 2 rings (SSSR count). The molecule has 0 aromatic heterocycles. The summed E-state index contributed by atoms with van der Waals surface area (Å²) in [5.74, 6) is 2.37. The van der Waals surface area contributed by atoms with Crippen molar-refractivity contribution < 1.29 is 5.11 Å². The van der Waals surface area contributed by atoms with Crippen molar-refractivity contribution in [3.63, 3.8) is 0 Å². The van der Waals surface area contributed by atoms with Crippen LogP contribution in [0.4, 0.5) is 0 Å². The molecule has 1 saturated carbocycles. The SMILES string of the molecule is CC1CCC(C)N(C2CC(C(C)C)CCC2O)C1. The Kier molecular flexibility index (Phi) is 4.71. The molecule has 1 heterocycles. The molecule has 2 heteroatoms. The summed E-state index contributed by atoms with van der Waals surface area (Å²) in [7, 11) is 0. The van der Waals surface area contributed by atoms with E-state index in [0.29, 0.717) is 12.1 Å². The normalized spacial score (nSPS) is 43.3. The first-order chi connectivity index (χ1) is 8.49. The number of aliphatic hydroxyl groups excluding tert-OH is 1. The molecule has 2 nitrogen and oxygen atoms in total. The van der Waals surface area contributed by atoms with E-state index in [9.17, 15) is 5.11 Å². The standard InChI is InChI=1S/C16H31NO/c1-11(2)14-7-8-16(18)15(9-14)17-10-12(3)5-6-13(17)4/h11-16,18H,5-10H2,1-4H3. The minimum absolute atomic E-state index is 0.0900. The van der Waals surface area contributed by atoms with Gasteiger partial charge in [-0.05, 0) is 56.8 Å². The highest BCUT2D eigenvalue weighted by Gasteiger charge is 2.37. The van der Waals surface area contributed by atoms with Gasteiger partial charge in [-0.15, -0.1) is 0 Å². The number of aliphatic hydroxyl groups is 1. The number of hydrogen-bond acceptors (Lipinski definition) is 2. The van der Waals surface area contributed by atoms with Crippen molar-refractivity contribution in [3.8, 4) is 0 Å². The van der Waals surface area contributed by atoms with Crippen molar-refractivity contribution in [2.24, 2.45) is 17.8 Å². The quantitative estimate of drug-likeness (QED) is 0.816. The number of piperidine rings is 1. The highest BCUT2D eigenvalue weighted by atomic mass is 16.3. The summed E-state index contributed by atoms with van der Waals surface area (Å²) in [5, 5.41) is 10.4. The Balaban J connectivity index is 2.04. The van der Waals surface area contributed by atoms with Crippen molar-refractivity contribution in [2.75, 3.05) is 6.54 Å². The third kappa shape index (κ3) is 3.08. The van der Waals surface area contributed by atoms with Gasteiger partial charge in [-0.3, -0.25) is 4.90 Å². The first-order valence-corrected chi connectivity index (χ1v) is 7.92. The molecule has 18 heavy (non-hydrogen) atoms. The van der Waals surface area contributed by atoms with Crippen LogP contribution in [-0.4, -0.2) is 34.7 Å². The van der Waals surface area contributed by atoms with Crippen molar-refractivity contribution in [3.05, 3.63) is 0 Å². The lowest BCUT2D eigenvalue weighted by Gasteiger charge is -2.47. The van der Waals surface area contributed by atoms with Gasteiger partial charge in [-0.2, -0.15) is 0 Å². The lowest BCUT2D eigenvalue weighted by molar-refractivity contribution is -0.0391. The lowest BCUT2D eigenvalue weighted by Crippen LogP contribution is -2.54. The molecule has 1 N–H and O–H groups in total. The van der Waals surface area contributed by atoms with Gasteiger partial charge in [0.25, 0.3) is 0 Å². The predicted octanol–water partition coefficient (Wildman–Crippen LogP) is 3.29. The van der Waals surface area contributed by atoms with E-state index in [2.05, 4.69) is 32.6 Å². The van der Waals surface area contributed by atoms with Crippen LogP contribution in [0.3, 0.4) is 0 Å². The van der Waals surface area contributed by atoms with Gasteiger partial charge in [-0.25, -0.2) is 0 Å². The van der Waals surface area contributed by atoms with Gasteiger partial charge in [-0.1, -0.05) is 20.8 Å². The van der Waals surface area contributed by atoms with E-state index in [-0.39, 0.29) is 6.10 Å². The number of nitrogens with zero attached hydrogens (tertiary/aromatic N) is 1. The van der Waals surface area contributed by atoms with E-state index in [0.717, 1.165) is 24.2 Å². The smallest absolute Gasteiger partial charge is 0.0695 e. The highest BCUT2D eigenvalue weighted by Crippen LogP contribution is 2.36. The van der Waals surface area contributed by atoms with Crippen LogP contribution < -0.4 is 0 Å². The maximum absolute atomic E-state index is 10.4. The lowest BCUT2D eigenvalue weighted by atomic mass is 9.76. The Labute approximate surface area is 113 Å². The average molecular weight is 253 g/mol. The molecule has 0 spiro atoms. The molecule has 5 unspecified atom stereocenters. The predicted molar refractivity (Wildman–Crippen MR) is 76.5 cm³/mol. The molecule has 1 aliphatic heterocycles. The third-order valence-electron chi connectivity index (χ3n) is 5.36. The summed E-state index contributed by atoms with van der Waals surface area (Å²) in [5.41, 5.74) is 0. The topological polar surface area (TPSA) is 23.5 Å². The van der Waals surface area contributed by atoms with E-state index in [1.165, 1.54) is 32.2 Å². The third-order valence-corrected chi connectivity index (χ3v) is 5.36. The van der Waals surface area contributed by atoms with Gasteiger partial charge >= 0.3 is 0 Å². The van der Waals surface area contributed by atoms with Crippen molar-refractivity contribution >= 4 is 0 Å². The van der Waals surface area contributed by atoms with Gasteiger partial charge < -0.3 is 5.11 Å². The van der Waals surface area contributed by atoms with Crippen LogP contribution in [0.1, 0.15) is 59.8 Å². The first-order valence-electron chi connectivity index (χ1n) is 7.92. The molecule has 0 aromatic carbocycles. The monoisotopic (exact) mass is 253 g/mol. The fourth-order valence-corrected chi connectivity index (χ4v) is 3.91. The van der Waals surface area contributed by atoms with E-state index in [1.54, 1.807) is 0 Å². The van der Waals surface area contributed by atoms with E-state index < -0.39 is 0 Å². The Morgan fingerprint density at radius 1 is 1.06 bits per heavy atom. The van der Waals surface area contributed by atoms with Gasteiger partial charge in [0.05, 0.1) is 6.10 Å².